The number of hydrogen-bond donors (Lipinski definition) is 2. The summed E-state index contributed by atoms with van der Waals surface area (Å²) < 4.78 is 7.51. The first-order valence-electron chi connectivity index (χ1n) is 11.3. The van der Waals surface area contributed by atoms with Crippen molar-refractivity contribution in [1.82, 2.24) is 24.7 Å². The van der Waals surface area contributed by atoms with Crippen molar-refractivity contribution in [1.29, 1.82) is 0 Å². The van der Waals surface area contributed by atoms with Crippen LogP contribution in [-0.2, 0) is 33.4 Å². The molecule has 2 N–H and O–H groups in total. The highest BCUT2D eigenvalue weighted by atomic mass is 16.6. The summed E-state index contributed by atoms with van der Waals surface area (Å²) in [6, 6.07) is 4.59. The first-order chi connectivity index (χ1) is 16.3. The first-order valence-corrected chi connectivity index (χ1v) is 11.3. The van der Waals surface area contributed by atoms with Crippen LogP contribution < -0.4 is 10.6 Å². The van der Waals surface area contributed by atoms with E-state index in [4.69, 9.17) is 4.74 Å². The number of urea groups is 1. The van der Waals surface area contributed by atoms with Crippen molar-refractivity contribution in [2.24, 2.45) is 7.05 Å². The van der Waals surface area contributed by atoms with Crippen LogP contribution in [0.5, 0.6) is 0 Å². The number of rotatable bonds is 4. The molecule has 1 aromatic heterocycles. The van der Waals surface area contributed by atoms with E-state index in [-0.39, 0.29) is 24.5 Å². The van der Waals surface area contributed by atoms with Crippen LogP contribution in [0.15, 0.2) is 30.6 Å². The van der Waals surface area contributed by atoms with E-state index in [1.807, 2.05) is 17.8 Å². The van der Waals surface area contributed by atoms with Gasteiger partial charge in [-0.3, -0.25) is 9.59 Å². The molecule has 11 nitrogen and oxygen atoms in total. The molecule has 34 heavy (non-hydrogen) atoms. The maximum absolute atomic E-state index is 13.4. The molecule has 0 saturated carbocycles. The van der Waals surface area contributed by atoms with Gasteiger partial charge in [0.1, 0.15) is 12.4 Å². The molecule has 2 saturated heterocycles. The summed E-state index contributed by atoms with van der Waals surface area (Å²) >= 11 is 0. The number of aryl methyl sites for hydroxylation is 2. The third kappa shape index (κ3) is 3.39. The summed E-state index contributed by atoms with van der Waals surface area (Å²) in [6.07, 6.45) is 5.10. The molecular weight excluding hydrogens is 440 g/mol. The molecule has 1 aliphatic carbocycles. The molecule has 1 aromatic carbocycles. The molecule has 3 heterocycles. The van der Waals surface area contributed by atoms with Crippen LogP contribution in [0.3, 0.4) is 0 Å². The highest BCUT2D eigenvalue weighted by Crippen LogP contribution is 2.46. The van der Waals surface area contributed by atoms with Crippen LogP contribution in [0.4, 0.5) is 15.3 Å². The van der Waals surface area contributed by atoms with Gasteiger partial charge in [-0.25, -0.2) is 19.5 Å². The number of aromatic nitrogens is 2. The fraction of sp³-hybridized carbons (Fsp3) is 0.435. The number of nitrogens with one attached hydrogen (secondary N) is 2. The van der Waals surface area contributed by atoms with Gasteiger partial charge in [0, 0.05) is 50.7 Å². The second-order valence-electron chi connectivity index (χ2n) is 8.80. The summed E-state index contributed by atoms with van der Waals surface area (Å²) in [5.41, 5.74) is 0.559. The number of likely N-dealkylation sites (tertiary alicyclic amines) is 1. The molecule has 2 aromatic rings. The number of nitrogens with zero attached hydrogens (tertiary/aromatic N) is 4. The van der Waals surface area contributed by atoms with Gasteiger partial charge >= 0.3 is 12.1 Å². The standard InChI is InChI=1S/C23H26N6O5/c1-24-21(32)26-15-5-6-16-14(12-15)7-8-23(16)20(31)29(22(33)34-23)13-18(30)28-10-3-4-17(28)19-25-9-11-27(19)2/h5-6,9,11-12,17H,3-4,7-8,10,13H2,1-2H3,(H2,24,26,32)/t17?,23-/m1/s1. The minimum Gasteiger partial charge on any atom is -0.427 e. The Morgan fingerprint density at radius 1 is 1.29 bits per heavy atom. The number of fused-ring (bicyclic) bond motifs is 2. The Hall–Kier alpha value is -3.89. The molecule has 1 spiro atoms. The van der Waals surface area contributed by atoms with Gasteiger partial charge in [-0.05, 0) is 37.0 Å². The third-order valence-corrected chi connectivity index (χ3v) is 6.87. The maximum Gasteiger partial charge on any atom is 0.418 e. The van der Waals surface area contributed by atoms with Crippen LogP contribution in [0, 0.1) is 0 Å². The highest BCUT2D eigenvalue weighted by molar-refractivity contribution is 6.06. The van der Waals surface area contributed by atoms with Crippen molar-refractivity contribution in [3.8, 4) is 0 Å². The molecule has 2 atom stereocenters. The predicted octanol–water partition coefficient (Wildman–Crippen LogP) is 1.66. The second-order valence-corrected chi connectivity index (χ2v) is 8.80. The van der Waals surface area contributed by atoms with Gasteiger partial charge in [0.15, 0.2) is 0 Å². The second kappa shape index (κ2) is 8.15. The van der Waals surface area contributed by atoms with E-state index < -0.39 is 17.6 Å². The lowest BCUT2D eigenvalue weighted by Gasteiger charge is -2.26. The number of anilines is 1. The molecule has 1 unspecified atom stereocenters. The van der Waals surface area contributed by atoms with E-state index in [2.05, 4.69) is 15.6 Å². The number of benzene rings is 1. The van der Waals surface area contributed by atoms with Crippen LogP contribution in [0.25, 0.3) is 0 Å². The number of hydrogen-bond acceptors (Lipinski definition) is 6. The predicted molar refractivity (Wildman–Crippen MR) is 120 cm³/mol. The summed E-state index contributed by atoms with van der Waals surface area (Å²) in [6.45, 7) is 0.175. The fourth-order valence-electron chi connectivity index (χ4n) is 5.18. The van der Waals surface area contributed by atoms with Crippen LogP contribution in [0.2, 0.25) is 0 Å². The van der Waals surface area contributed by atoms with Crippen molar-refractivity contribution in [2.45, 2.75) is 37.3 Å². The summed E-state index contributed by atoms with van der Waals surface area (Å²) in [7, 11) is 3.40. The number of carbonyl (C=O) groups excluding carboxylic acids is 4. The third-order valence-electron chi connectivity index (χ3n) is 6.87. The van der Waals surface area contributed by atoms with E-state index in [0.29, 0.717) is 30.6 Å². The van der Waals surface area contributed by atoms with Gasteiger partial charge in [-0.1, -0.05) is 6.07 Å². The Kier molecular flexibility index (Phi) is 5.26. The average molecular weight is 466 g/mol. The van der Waals surface area contributed by atoms with Crippen LogP contribution >= 0.6 is 0 Å². The minimum absolute atomic E-state index is 0.186. The zero-order valence-electron chi connectivity index (χ0n) is 19.0. The molecule has 0 radical (unpaired) electrons. The zero-order chi connectivity index (χ0) is 24.0. The monoisotopic (exact) mass is 466 g/mol. The lowest BCUT2D eigenvalue weighted by molar-refractivity contribution is -0.142. The fourth-order valence-corrected chi connectivity index (χ4v) is 5.18. The van der Waals surface area contributed by atoms with Crippen LogP contribution in [-0.4, -0.2) is 63.4 Å². The van der Waals surface area contributed by atoms with Crippen molar-refractivity contribution >= 4 is 29.6 Å². The summed E-state index contributed by atoms with van der Waals surface area (Å²) in [5, 5.41) is 5.18. The van der Waals surface area contributed by atoms with Gasteiger partial charge in [0.05, 0.1) is 6.04 Å². The number of imidazole rings is 1. The molecule has 178 valence electrons. The zero-order valence-corrected chi connectivity index (χ0v) is 19.0. The van der Waals surface area contributed by atoms with Gasteiger partial charge in [0.25, 0.3) is 5.91 Å². The van der Waals surface area contributed by atoms with Gasteiger partial charge < -0.3 is 24.8 Å². The molecule has 11 heteroatoms. The topological polar surface area (TPSA) is 126 Å². The maximum atomic E-state index is 13.4. The molecule has 2 aliphatic heterocycles. The molecule has 5 amide bonds. The Balaban J connectivity index is 1.34. The van der Waals surface area contributed by atoms with Gasteiger partial charge in [-0.15, -0.1) is 0 Å². The molecule has 2 fully saturated rings. The van der Waals surface area contributed by atoms with E-state index in [1.165, 1.54) is 7.05 Å². The number of carbonyl (C=O) groups is 4. The number of imide groups is 1. The SMILES string of the molecule is CNC(=O)Nc1ccc2c(c1)CC[C@@]21OC(=O)N(CC(=O)N2CCCC2c2nccn2C)C1=O. The number of amides is 5. The van der Waals surface area contributed by atoms with E-state index in [9.17, 15) is 19.2 Å². The van der Waals surface area contributed by atoms with Crippen LogP contribution in [0.1, 0.15) is 42.3 Å². The average Bonchev–Trinajstić information content (AvgIpc) is 3.58. The minimum atomic E-state index is -1.43. The molecule has 5 rings (SSSR count). The number of ether oxygens (including phenoxy) is 1. The Morgan fingerprint density at radius 3 is 2.85 bits per heavy atom. The van der Waals surface area contributed by atoms with E-state index >= 15 is 0 Å². The first kappa shape index (κ1) is 21.9. The van der Waals surface area contributed by atoms with Crippen molar-refractivity contribution in [3.63, 3.8) is 0 Å². The van der Waals surface area contributed by atoms with Crippen molar-refractivity contribution < 1.29 is 23.9 Å². The largest absolute Gasteiger partial charge is 0.427 e. The van der Waals surface area contributed by atoms with Gasteiger partial charge in [0.2, 0.25) is 11.5 Å². The quantitative estimate of drug-likeness (QED) is 0.706. The smallest absolute Gasteiger partial charge is 0.418 e. The van der Waals surface area contributed by atoms with Crippen molar-refractivity contribution in [2.75, 3.05) is 25.5 Å². The van der Waals surface area contributed by atoms with Crippen molar-refractivity contribution in [3.05, 3.63) is 47.5 Å². The normalized spacial score (nSPS) is 23.4. The molecular formula is C23H26N6O5. The Labute approximate surface area is 196 Å². The lowest BCUT2D eigenvalue weighted by Crippen LogP contribution is -2.44. The van der Waals surface area contributed by atoms with E-state index in [1.54, 1.807) is 29.3 Å². The Bertz CT molecular complexity index is 1190. The molecule has 3 aliphatic rings. The lowest BCUT2D eigenvalue weighted by atomic mass is 9.94. The van der Waals surface area contributed by atoms with Gasteiger partial charge in [-0.2, -0.15) is 0 Å². The highest BCUT2D eigenvalue weighted by Gasteiger charge is 2.58. The molecule has 0 bridgehead atoms. The Morgan fingerprint density at radius 2 is 2.12 bits per heavy atom. The summed E-state index contributed by atoms with van der Waals surface area (Å²) in [5.74, 6) is -0.0518. The summed E-state index contributed by atoms with van der Waals surface area (Å²) in [4.78, 5) is 57.9. The van der Waals surface area contributed by atoms with E-state index in [0.717, 1.165) is 29.1 Å².